The third-order valence-corrected chi connectivity index (χ3v) is 8.35. The zero-order valence-corrected chi connectivity index (χ0v) is 21.9. The normalized spacial score (nSPS) is 11.6. The van der Waals surface area contributed by atoms with Gasteiger partial charge in [0.1, 0.15) is 0 Å². The van der Waals surface area contributed by atoms with Crippen molar-refractivity contribution in [1.29, 1.82) is 0 Å². The first kappa shape index (κ1) is 25.5. The van der Waals surface area contributed by atoms with Crippen LogP contribution < -0.4 is 4.72 Å². The fraction of sp³-hybridized carbons (Fsp3) is 0.222. The lowest BCUT2D eigenvalue weighted by molar-refractivity contribution is 0.578. The number of nitrogens with zero attached hydrogens (tertiary/aromatic N) is 2. The van der Waals surface area contributed by atoms with Crippen molar-refractivity contribution in [1.82, 2.24) is 14.3 Å². The SMILES string of the molecule is CCn1c(SCCCCNS(=O)(=O)c2ccc(Cl)cc2)nc(-c2ccccc2)c1-c1ccccc1. The fourth-order valence-electron chi connectivity index (χ4n) is 3.82. The Bertz CT molecular complexity index is 1340. The molecule has 0 aliphatic rings. The molecule has 0 aliphatic carbocycles. The van der Waals surface area contributed by atoms with Crippen molar-refractivity contribution in [3.05, 3.63) is 90.0 Å². The number of rotatable bonds is 11. The van der Waals surface area contributed by atoms with E-state index in [4.69, 9.17) is 16.6 Å². The lowest BCUT2D eigenvalue weighted by Crippen LogP contribution is -2.24. The molecule has 182 valence electrons. The molecule has 0 spiro atoms. The van der Waals surface area contributed by atoms with E-state index in [1.54, 1.807) is 23.9 Å². The quantitative estimate of drug-likeness (QED) is 0.174. The van der Waals surface area contributed by atoms with Gasteiger partial charge in [-0.15, -0.1) is 0 Å². The van der Waals surface area contributed by atoms with Crippen LogP contribution in [0.2, 0.25) is 5.02 Å². The molecule has 0 radical (unpaired) electrons. The van der Waals surface area contributed by atoms with E-state index in [0.717, 1.165) is 52.8 Å². The van der Waals surface area contributed by atoms with E-state index < -0.39 is 10.0 Å². The van der Waals surface area contributed by atoms with Gasteiger partial charge < -0.3 is 4.57 Å². The highest BCUT2D eigenvalue weighted by atomic mass is 35.5. The van der Waals surface area contributed by atoms with Crippen LogP contribution in [-0.4, -0.2) is 30.3 Å². The third-order valence-electron chi connectivity index (χ3n) is 5.56. The van der Waals surface area contributed by atoms with Gasteiger partial charge in [0, 0.05) is 35.0 Å². The van der Waals surface area contributed by atoms with Crippen LogP contribution in [0.1, 0.15) is 19.8 Å². The molecule has 0 amide bonds. The average Bonchev–Trinajstić information content (AvgIpc) is 3.26. The topological polar surface area (TPSA) is 64.0 Å². The first-order valence-corrected chi connectivity index (χ1v) is 14.4. The van der Waals surface area contributed by atoms with E-state index >= 15 is 0 Å². The summed E-state index contributed by atoms with van der Waals surface area (Å²) in [5, 5.41) is 1.49. The molecule has 1 heterocycles. The molecule has 35 heavy (non-hydrogen) atoms. The molecule has 3 aromatic carbocycles. The number of benzene rings is 3. The molecule has 1 aromatic heterocycles. The number of thioether (sulfide) groups is 1. The van der Waals surface area contributed by atoms with Gasteiger partial charge in [-0.2, -0.15) is 0 Å². The molecule has 0 saturated carbocycles. The van der Waals surface area contributed by atoms with Crippen molar-refractivity contribution in [3.63, 3.8) is 0 Å². The summed E-state index contributed by atoms with van der Waals surface area (Å²) in [4.78, 5) is 5.26. The molecule has 0 aliphatic heterocycles. The van der Waals surface area contributed by atoms with Gasteiger partial charge in [0.15, 0.2) is 5.16 Å². The first-order chi connectivity index (χ1) is 17.0. The van der Waals surface area contributed by atoms with E-state index in [1.165, 1.54) is 12.1 Å². The van der Waals surface area contributed by atoms with Crippen LogP contribution in [-0.2, 0) is 16.6 Å². The molecule has 4 rings (SSSR count). The van der Waals surface area contributed by atoms with Gasteiger partial charge in [0.2, 0.25) is 10.0 Å². The second-order valence-electron chi connectivity index (χ2n) is 7.98. The van der Waals surface area contributed by atoms with E-state index in [0.29, 0.717) is 11.6 Å². The Labute approximate surface area is 216 Å². The lowest BCUT2D eigenvalue weighted by atomic mass is 10.0. The molecule has 5 nitrogen and oxygen atoms in total. The van der Waals surface area contributed by atoms with Crippen LogP contribution in [0.15, 0.2) is 95.0 Å². The van der Waals surface area contributed by atoms with Crippen molar-refractivity contribution < 1.29 is 8.42 Å². The second kappa shape index (κ2) is 11.9. The summed E-state index contributed by atoms with van der Waals surface area (Å²) in [6.45, 7) is 3.34. The Morgan fingerprint density at radius 1 is 0.886 bits per heavy atom. The maximum Gasteiger partial charge on any atom is 0.240 e. The monoisotopic (exact) mass is 525 g/mol. The molecular weight excluding hydrogens is 498 g/mol. The smallest absolute Gasteiger partial charge is 0.240 e. The van der Waals surface area contributed by atoms with E-state index in [-0.39, 0.29) is 4.90 Å². The minimum absolute atomic E-state index is 0.225. The Morgan fingerprint density at radius 3 is 2.14 bits per heavy atom. The van der Waals surface area contributed by atoms with Gasteiger partial charge in [-0.3, -0.25) is 0 Å². The van der Waals surface area contributed by atoms with Crippen LogP contribution >= 0.6 is 23.4 Å². The minimum Gasteiger partial charge on any atom is -0.319 e. The highest BCUT2D eigenvalue weighted by molar-refractivity contribution is 7.99. The summed E-state index contributed by atoms with van der Waals surface area (Å²) in [5.74, 6) is 0.849. The van der Waals surface area contributed by atoms with Crippen LogP contribution in [0.3, 0.4) is 0 Å². The number of nitrogens with one attached hydrogen (secondary N) is 1. The van der Waals surface area contributed by atoms with Gasteiger partial charge in [0.25, 0.3) is 0 Å². The molecule has 0 saturated heterocycles. The number of sulfonamides is 1. The van der Waals surface area contributed by atoms with Gasteiger partial charge in [0.05, 0.1) is 16.3 Å². The fourth-order valence-corrected chi connectivity index (χ4v) is 6.08. The maximum absolute atomic E-state index is 12.4. The zero-order valence-electron chi connectivity index (χ0n) is 19.5. The molecule has 0 fully saturated rings. The summed E-state index contributed by atoms with van der Waals surface area (Å²) < 4.78 is 29.8. The Balaban J connectivity index is 1.41. The summed E-state index contributed by atoms with van der Waals surface area (Å²) in [5.41, 5.74) is 4.34. The van der Waals surface area contributed by atoms with E-state index in [2.05, 4.69) is 52.6 Å². The number of hydrogen-bond donors (Lipinski definition) is 1. The third kappa shape index (κ3) is 6.35. The summed E-state index contributed by atoms with van der Waals surface area (Å²) in [6.07, 6.45) is 1.61. The van der Waals surface area contributed by atoms with Crippen LogP contribution in [0, 0.1) is 0 Å². The minimum atomic E-state index is -3.52. The number of aromatic nitrogens is 2. The highest BCUT2D eigenvalue weighted by Gasteiger charge is 2.19. The number of unbranched alkanes of at least 4 members (excludes halogenated alkanes) is 1. The van der Waals surface area contributed by atoms with Gasteiger partial charge in [-0.25, -0.2) is 18.1 Å². The van der Waals surface area contributed by atoms with Crippen molar-refractivity contribution in [2.24, 2.45) is 0 Å². The molecular formula is C27H28ClN3O2S2. The van der Waals surface area contributed by atoms with Gasteiger partial charge in [-0.1, -0.05) is 84.0 Å². The van der Waals surface area contributed by atoms with Crippen molar-refractivity contribution in [2.75, 3.05) is 12.3 Å². The molecule has 1 N–H and O–H groups in total. The molecule has 0 atom stereocenters. The summed E-state index contributed by atoms with van der Waals surface area (Å²) >= 11 is 7.56. The van der Waals surface area contributed by atoms with Gasteiger partial charge in [-0.05, 0) is 44.0 Å². The number of halogens is 1. The first-order valence-electron chi connectivity index (χ1n) is 11.6. The summed E-state index contributed by atoms with van der Waals surface area (Å²) in [6, 6.07) is 26.8. The average molecular weight is 526 g/mol. The Morgan fingerprint density at radius 2 is 1.51 bits per heavy atom. The molecule has 0 unspecified atom stereocenters. The Kier molecular flexibility index (Phi) is 8.68. The van der Waals surface area contributed by atoms with Crippen molar-refractivity contribution in [3.8, 4) is 22.5 Å². The van der Waals surface area contributed by atoms with Crippen LogP contribution in [0.4, 0.5) is 0 Å². The maximum atomic E-state index is 12.4. The van der Waals surface area contributed by atoms with Crippen LogP contribution in [0.25, 0.3) is 22.5 Å². The Hall–Kier alpha value is -2.58. The van der Waals surface area contributed by atoms with Crippen LogP contribution in [0.5, 0.6) is 0 Å². The lowest BCUT2D eigenvalue weighted by Gasteiger charge is -2.11. The molecule has 8 heteroatoms. The highest BCUT2D eigenvalue weighted by Crippen LogP contribution is 2.36. The molecule has 4 aromatic rings. The van der Waals surface area contributed by atoms with Gasteiger partial charge >= 0.3 is 0 Å². The van der Waals surface area contributed by atoms with Crippen molar-refractivity contribution in [2.45, 2.75) is 36.4 Å². The van der Waals surface area contributed by atoms with E-state index in [9.17, 15) is 8.42 Å². The largest absolute Gasteiger partial charge is 0.319 e. The van der Waals surface area contributed by atoms with E-state index in [1.807, 2.05) is 24.3 Å². The second-order valence-corrected chi connectivity index (χ2v) is 11.2. The zero-order chi connectivity index (χ0) is 24.7. The van der Waals surface area contributed by atoms with Crippen molar-refractivity contribution >= 4 is 33.4 Å². The predicted molar refractivity (Wildman–Crippen MR) is 145 cm³/mol. The summed E-state index contributed by atoms with van der Waals surface area (Å²) in [7, 11) is -3.52. The standard InChI is InChI=1S/C27H28ClN3O2S2/c1-2-31-26(22-13-7-4-8-14-22)25(21-11-5-3-6-12-21)30-27(31)34-20-10-9-19-29-35(32,33)24-17-15-23(28)16-18-24/h3-8,11-18,29H,2,9-10,19-20H2,1H3. The number of imidazole rings is 1. The molecule has 0 bridgehead atoms. The number of hydrogen-bond acceptors (Lipinski definition) is 4. The predicted octanol–water partition coefficient (Wildman–Crippen LogP) is 6.74.